The Bertz CT molecular complexity index is 1090. The number of rotatable bonds is 4. The molecule has 1 atom stereocenters. The monoisotopic (exact) mass is 361 g/mol. The van der Waals surface area contributed by atoms with Crippen molar-refractivity contribution in [2.75, 3.05) is 0 Å². The maximum absolute atomic E-state index is 13.1. The van der Waals surface area contributed by atoms with Gasteiger partial charge in [0.1, 0.15) is 17.4 Å². The average Bonchev–Trinajstić information content (AvgIpc) is 3.12. The van der Waals surface area contributed by atoms with Crippen LogP contribution < -0.4 is 0 Å². The van der Waals surface area contributed by atoms with Crippen LogP contribution in [0.25, 0.3) is 22.2 Å². The van der Waals surface area contributed by atoms with Crippen molar-refractivity contribution in [2.24, 2.45) is 0 Å². The lowest BCUT2D eigenvalue weighted by molar-refractivity contribution is 0.0338. The summed E-state index contributed by atoms with van der Waals surface area (Å²) in [6.07, 6.45) is -0.495. The molecule has 0 N–H and O–H groups in total. The van der Waals surface area contributed by atoms with E-state index in [0.717, 1.165) is 16.5 Å². The van der Waals surface area contributed by atoms with E-state index in [4.69, 9.17) is 9.26 Å². The highest BCUT2D eigenvalue weighted by atomic mass is 19.1. The minimum Gasteiger partial charge on any atom is -0.454 e. The van der Waals surface area contributed by atoms with Crippen LogP contribution in [0.1, 0.15) is 28.9 Å². The second kappa shape index (κ2) is 7.03. The molecule has 0 saturated heterocycles. The van der Waals surface area contributed by atoms with Crippen LogP contribution >= 0.6 is 0 Å². The lowest BCUT2D eigenvalue weighted by Crippen LogP contribution is -2.09. The summed E-state index contributed by atoms with van der Waals surface area (Å²) < 4.78 is 24.0. The summed E-state index contributed by atoms with van der Waals surface area (Å²) in [5.74, 6) is -0.190. The van der Waals surface area contributed by atoms with E-state index in [1.807, 2.05) is 30.3 Å². The van der Waals surface area contributed by atoms with Gasteiger partial charge in [-0.2, -0.15) is 0 Å². The maximum Gasteiger partial charge on any atom is 0.338 e. The first-order chi connectivity index (χ1) is 13.1. The Kier molecular flexibility index (Phi) is 4.42. The van der Waals surface area contributed by atoms with Crippen LogP contribution in [0.15, 0.2) is 77.3 Å². The number of esters is 1. The second-order valence-electron chi connectivity index (χ2n) is 6.21. The Balaban J connectivity index is 1.61. The molecular formula is C22H16FNO3. The summed E-state index contributed by atoms with van der Waals surface area (Å²) in [7, 11) is 0. The molecule has 0 spiro atoms. The quantitative estimate of drug-likeness (QED) is 0.447. The molecule has 4 aromatic rings. The molecule has 134 valence electrons. The Labute approximate surface area is 155 Å². The van der Waals surface area contributed by atoms with Crippen LogP contribution in [0.3, 0.4) is 0 Å². The Morgan fingerprint density at radius 3 is 2.52 bits per heavy atom. The zero-order valence-corrected chi connectivity index (χ0v) is 14.6. The minimum atomic E-state index is -0.495. The Morgan fingerprint density at radius 2 is 1.78 bits per heavy atom. The van der Waals surface area contributed by atoms with Crippen LogP contribution in [0.5, 0.6) is 0 Å². The van der Waals surface area contributed by atoms with Crippen LogP contribution in [0, 0.1) is 5.82 Å². The summed E-state index contributed by atoms with van der Waals surface area (Å²) in [6, 6.07) is 20.6. The second-order valence-corrected chi connectivity index (χ2v) is 6.21. The summed E-state index contributed by atoms with van der Waals surface area (Å²) in [6.45, 7) is 1.75. The van der Waals surface area contributed by atoms with Gasteiger partial charge in [0.05, 0.1) is 10.9 Å². The van der Waals surface area contributed by atoms with Gasteiger partial charge in [0, 0.05) is 5.56 Å². The third-order valence-electron chi connectivity index (χ3n) is 4.37. The van der Waals surface area contributed by atoms with Gasteiger partial charge in [-0.05, 0) is 42.8 Å². The normalized spacial score (nSPS) is 12.1. The number of benzene rings is 3. The lowest BCUT2D eigenvalue weighted by atomic mass is 10.1. The highest BCUT2D eigenvalue weighted by Gasteiger charge is 2.17. The van der Waals surface area contributed by atoms with Crippen LogP contribution in [0.2, 0.25) is 0 Å². The van der Waals surface area contributed by atoms with E-state index in [-0.39, 0.29) is 5.82 Å². The fraction of sp³-hybridized carbons (Fsp3) is 0.0909. The van der Waals surface area contributed by atoms with Crippen LogP contribution in [-0.4, -0.2) is 11.1 Å². The van der Waals surface area contributed by atoms with E-state index in [0.29, 0.717) is 16.8 Å². The maximum atomic E-state index is 13.1. The number of carbonyl (C=O) groups is 1. The summed E-state index contributed by atoms with van der Waals surface area (Å²) >= 11 is 0. The third kappa shape index (κ3) is 3.44. The van der Waals surface area contributed by atoms with Gasteiger partial charge < -0.3 is 9.26 Å². The minimum absolute atomic E-state index is 0.330. The smallest absolute Gasteiger partial charge is 0.338 e. The number of fused-ring (bicyclic) bond motifs is 1. The molecule has 0 unspecified atom stereocenters. The first kappa shape index (κ1) is 17.0. The molecule has 0 amide bonds. The van der Waals surface area contributed by atoms with Gasteiger partial charge in [-0.15, -0.1) is 0 Å². The molecule has 1 aromatic heterocycles. The average molecular weight is 361 g/mol. The van der Waals surface area contributed by atoms with E-state index in [2.05, 4.69) is 5.16 Å². The van der Waals surface area contributed by atoms with Crippen molar-refractivity contribution in [1.82, 2.24) is 5.16 Å². The molecule has 27 heavy (non-hydrogen) atoms. The van der Waals surface area contributed by atoms with Crippen molar-refractivity contribution in [3.05, 3.63) is 89.7 Å². The van der Waals surface area contributed by atoms with Gasteiger partial charge in [0.2, 0.25) is 0 Å². The number of aromatic nitrogens is 1. The molecule has 0 aliphatic heterocycles. The molecular weight excluding hydrogens is 345 g/mol. The van der Waals surface area contributed by atoms with Crippen molar-refractivity contribution in [1.29, 1.82) is 0 Å². The molecule has 4 rings (SSSR count). The van der Waals surface area contributed by atoms with E-state index in [1.165, 1.54) is 12.1 Å². The Hall–Kier alpha value is -3.47. The van der Waals surface area contributed by atoms with Gasteiger partial charge in [-0.3, -0.25) is 0 Å². The van der Waals surface area contributed by atoms with Gasteiger partial charge >= 0.3 is 5.97 Å². The molecule has 0 saturated carbocycles. The largest absolute Gasteiger partial charge is 0.454 e. The lowest BCUT2D eigenvalue weighted by Gasteiger charge is -2.13. The van der Waals surface area contributed by atoms with Crippen LogP contribution in [0.4, 0.5) is 4.39 Å². The summed E-state index contributed by atoms with van der Waals surface area (Å²) in [5, 5.41) is 4.79. The predicted octanol–water partition coefficient (Wildman–Crippen LogP) is 5.55. The molecule has 4 nitrogen and oxygen atoms in total. The number of ether oxygens (including phenoxy) is 1. The van der Waals surface area contributed by atoms with Crippen LogP contribution in [-0.2, 0) is 4.74 Å². The highest BCUT2D eigenvalue weighted by Crippen LogP contribution is 2.30. The summed E-state index contributed by atoms with van der Waals surface area (Å²) in [5.41, 5.74) is 2.67. The Morgan fingerprint density at radius 1 is 1.04 bits per heavy atom. The van der Waals surface area contributed by atoms with E-state index in [1.54, 1.807) is 37.3 Å². The molecule has 5 heteroatoms. The molecule has 0 fully saturated rings. The van der Waals surface area contributed by atoms with Crippen molar-refractivity contribution >= 4 is 16.9 Å². The molecule has 3 aromatic carbocycles. The molecule has 0 radical (unpaired) electrons. The third-order valence-corrected chi connectivity index (χ3v) is 4.37. The van der Waals surface area contributed by atoms with Crippen molar-refractivity contribution < 1.29 is 18.4 Å². The van der Waals surface area contributed by atoms with Crippen molar-refractivity contribution in [2.45, 2.75) is 13.0 Å². The van der Waals surface area contributed by atoms with E-state index >= 15 is 0 Å². The topological polar surface area (TPSA) is 52.3 Å². The van der Waals surface area contributed by atoms with Gasteiger partial charge in [0.15, 0.2) is 5.76 Å². The molecule has 0 aliphatic rings. The fourth-order valence-corrected chi connectivity index (χ4v) is 2.90. The molecule has 1 heterocycles. The first-order valence-electron chi connectivity index (χ1n) is 8.53. The number of carbonyl (C=O) groups excluding carboxylic acids is 1. The SMILES string of the molecule is C[C@H](OC(=O)c1ccc2noc(-c3ccccc3)c2c1)c1ccc(F)cc1. The zero-order chi connectivity index (χ0) is 18.8. The standard InChI is InChI=1S/C22H16FNO3/c1-14(15-7-10-18(23)11-8-15)26-22(25)17-9-12-20-19(13-17)21(27-24-20)16-5-3-2-4-6-16/h2-14H,1H3/t14-/m0/s1. The number of nitrogens with zero attached hydrogens (tertiary/aromatic N) is 1. The molecule has 0 aliphatic carbocycles. The number of hydrogen-bond donors (Lipinski definition) is 0. The first-order valence-corrected chi connectivity index (χ1v) is 8.53. The van der Waals surface area contributed by atoms with Gasteiger partial charge in [-0.1, -0.05) is 47.6 Å². The van der Waals surface area contributed by atoms with E-state index in [9.17, 15) is 9.18 Å². The van der Waals surface area contributed by atoms with Gasteiger partial charge in [0.25, 0.3) is 0 Å². The predicted molar refractivity (Wildman–Crippen MR) is 99.7 cm³/mol. The number of halogens is 1. The van der Waals surface area contributed by atoms with Crippen molar-refractivity contribution in [3.63, 3.8) is 0 Å². The van der Waals surface area contributed by atoms with Gasteiger partial charge in [-0.25, -0.2) is 9.18 Å². The highest BCUT2D eigenvalue weighted by molar-refractivity contribution is 5.98. The van der Waals surface area contributed by atoms with E-state index < -0.39 is 12.1 Å². The summed E-state index contributed by atoms with van der Waals surface area (Å²) in [4.78, 5) is 12.6. The molecule has 0 bridgehead atoms. The fourth-order valence-electron chi connectivity index (χ4n) is 2.90. The zero-order valence-electron chi connectivity index (χ0n) is 14.6. The number of hydrogen-bond acceptors (Lipinski definition) is 4. The van der Waals surface area contributed by atoms with Crippen molar-refractivity contribution in [3.8, 4) is 11.3 Å².